The summed E-state index contributed by atoms with van der Waals surface area (Å²) < 4.78 is 29.6. The van der Waals surface area contributed by atoms with Crippen LogP contribution < -0.4 is 5.43 Å². The van der Waals surface area contributed by atoms with E-state index in [1.165, 1.54) is 6.26 Å². The van der Waals surface area contributed by atoms with Gasteiger partial charge in [-0.2, -0.15) is 0 Å². The number of hydrogen-bond donors (Lipinski definition) is 0. The summed E-state index contributed by atoms with van der Waals surface area (Å²) in [7, 11) is -3.42. The van der Waals surface area contributed by atoms with Crippen LogP contribution in [-0.2, 0) is 29.3 Å². The maximum absolute atomic E-state index is 12.8. The molecular weight excluding hydrogens is 434 g/mol. The van der Waals surface area contributed by atoms with Gasteiger partial charge < -0.3 is 4.42 Å². The molecule has 1 aliphatic heterocycles. The average molecular weight is 450 g/mol. The molecule has 0 amide bonds. The number of benzene rings is 1. The first kappa shape index (κ1) is 18.3. The Morgan fingerprint density at radius 3 is 2.93 bits per heavy atom. The summed E-state index contributed by atoms with van der Waals surface area (Å²) in [6, 6.07) is 5.35. The van der Waals surface area contributed by atoms with Crippen molar-refractivity contribution in [3.63, 3.8) is 0 Å². The lowest BCUT2D eigenvalue weighted by atomic mass is 10.1. The van der Waals surface area contributed by atoms with Crippen molar-refractivity contribution < 1.29 is 12.8 Å². The molecule has 3 heterocycles. The van der Waals surface area contributed by atoms with E-state index in [2.05, 4.69) is 30.8 Å². The molecule has 0 N–H and O–H groups in total. The minimum atomic E-state index is -3.42. The highest BCUT2D eigenvalue weighted by Gasteiger charge is 2.22. The minimum absolute atomic E-state index is 0.0491. The van der Waals surface area contributed by atoms with Gasteiger partial charge in [0, 0.05) is 54.1 Å². The molecule has 0 aliphatic carbocycles. The van der Waals surface area contributed by atoms with Crippen LogP contribution in [0, 0.1) is 0 Å². The lowest BCUT2D eigenvalue weighted by molar-refractivity contribution is 0.240. The zero-order chi connectivity index (χ0) is 19.2. The van der Waals surface area contributed by atoms with E-state index in [4.69, 9.17) is 4.42 Å². The number of sulfone groups is 1. The zero-order valence-corrected chi connectivity index (χ0v) is 16.9. The van der Waals surface area contributed by atoms with Crippen LogP contribution >= 0.6 is 15.9 Å². The summed E-state index contributed by atoms with van der Waals surface area (Å²) in [5, 5.41) is 0.399. The number of fused-ring (bicyclic) bond motifs is 2. The molecule has 0 saturated carbocycles. The van der Waals surface area contributed by atoms with E-state index < -0.39 is 9.84 Å². The van der Waals surface area contributed by atoms with Gasteiger partial charge in [-0.3, -0.25) is 9.69 Å². The Labute approximate surface area is 164 Å². The van der Waals surface area contributed by atoms with Gasteiger partial charge in [0.25, 0.3) is 0 Å². The topological polar surface area (TPSA) is 93.4 Å². The highest BCUT2D eigenvalue weighted by Crippen LogP contribution is 2.21. The number of halogens is 1. The Bertz CT molecular complexity index is 1210. The molecule has 27 heavy (non-hydrogen) atoms. The van der Waals surface area contributed by atoms with Gasteiger partial charge in [0.05, 0.1) is 17.3 Å². The van der Waals surface area contributed by atoms with Gasteiger partial charge in [-0.1, -0.05) is 15.9 Å². The van der Waals surface area contributed by atoms with E-state index >= 15 is 0 Å². The second-order valence-electron chi connectivity index (χ2n) is 6.59. The third kappa shape index (κ3) is 3.67. The van der Waals surface area contributed by atoms with Gasteiger partial charge in [-0.25, -0.2) is 18.4 Å². The molecule has 0 unspecified atom stereocenters. The predicted molar refractivity (Wildman–Crippen MR) is 103 cm³/mol. The maximum atomic E-state index is 12.8. The molecule has 0 atom stereocenters. The van der Waals surface area contributed by atoms with E-state index in [1.54, 1.807) is 18.3 Å². The Balaban J connectivity index is 1.59. The van der Waals surface area contributed by atoms with Crippen molar-refractivity contribution in [1.29, 1.82) is 0 Å². The highest BCUT2D eigenvalue weighted by molar-refractivity contribution is 9.10. The summed E-state index contributed by atoms with van der Waals surface area (Å²) in [6.07, 6.45) is 4.77. The van der Waals surface area contributed by atoms with Crippen molar-refractivity contribution in [2.45, 2.75) is 24.7 Å². The molecule has 0 fully saturated rings. The number of hydrogen-bond acceptors (Lipinski definition) is 7. The molecule has 0 saturated heterocycles. The first-order chi connectivity index (χ1) is 12.8. The molecule has 9 heteroatoms. The fourth-order valence-electron chi connectivity index (χ4n) is 3.16. The van der Waals surface area contributed by atoms with Crippen molar-refractivity contribution in [3.05, 3.63) is 62.2 Å². The van der Waals surface area contributed by atoms with Crippen molar-refractivity contribution >= 4 is 36.7 Å². The monoisotopic (exact) mass is 449 g/mol. The number of rotatable bonds is 3. The average Bonchev–Trinajstić information content (AvgIpc) is 2.63. The van der Waals surface area contributed by atoms with E-state index in [1.807, 2.05) is 6.07 Å². The summed E-state index contributed by atoms with van der Waals surface area (Å²) in [5.41, 5.74) is 2.71. The van der Waals surface area contributed by atoms with E-state index in [0.29, 0.717) is 42.6 Å². The smallest absolute Gasteiger partial charge is 0.246 e. The zero-order valence-electron chi connectivity index (χ0n) is 14.5. The van der Waals surface area contributed by atoms with Crippen LogP contribution in [-0.4, -0.2) is 36.1 Å². The third-order valence-electron chi connectivity index (χ3n) is 4.52. The molecule has 1 aromatic carbocycles. The van der Waals surface area contributed by atoms with Crippen LogP contribution in [0.5, 0.6) is 0 Å². The van der Waals surface area contributed by atoms with Gasteiger partial charge in [-0.15, -0.1) is 0 Å². The van der Waals surface area contributed by atoms with Gasteiger partial charge in [0.1, 0.15) is 5.58 Å². The summed E-state index contributed by atoms with van der Waals surface area (Å²) in [5.74, 6) is 0. The summed E-state index contributed by atoms with van der Waals surface area (Å²) >= 11 is 3.38. The molecule has 1 aliphatic rings. The van der Waals surface area contributed by atoms with Crippen LogP contribution in [0.15, 0.2) is 49.5 Å². The quantitative estimate of drug-likeness (QED) is 0.566. The van der Waals surface area contributed by atoms with Crippen LogP contribution in [0.25, 0.3) is 11.0 Å². The predicted octanol–water partition coefficient (Wildman–Crippen LogP) is 2.31. The first-order valence-corrected chi connectivity index (χ1v) is 11.0. The summed E-state index contributed by atoms with van der Waals surface area (Å²) in [4.78, 5) is 23.0. The Kier molecular flexibility index (Phi) is 4.61. The van der Waals surface area contributed by atoms with Gasteiger partial charge >= 0.3 is 0 Å². The Morgan fingerprint density at radius 2 is 2.15 bits per heavy atom. The molecular formula is C18H16BrN3O4S. The lowest BCUT2D eigenvalue weighted by Gasteiger charge is -2.27. The van der Waals surface area contributed by atoms with E-state index in [9.17, 15) is 13.2 Å². The van der Waals surface area contributed by atoms with Crippen molar-refractivity contribution in [2.24, 2.45) is 0 Å². The second-order valence-corrected chi connectivity index (χ2v) is 9.41. The molecule has 0 bridgehead atoms. The molecule has 2 aromatic heterocycles. The SMILES string of the molecule is CS(=O)(=O)c1ncc2c(n1)CCN(Cc1coc3ccc(Br)cc3c1=O)C2. The standard InChI is InChI=1S/C18H16BrN3O4S/c1-27(24,25)18-20-7-11-8-22(5-4-15(11)21-18)9-12-10-26-16-3-2-13(19)6-14(16)17(12)23/h2-3,6-7,10H,4-5,8-9H2,1H3. The van der Waals surface area contributed by atoms with Gasteiger partial charge in [0.15, 0.2) is 5.43 Å². The Morgan fingerprint density at radius 1 is 1.33 bits per heavy atom. The third-order valence-corrected chi connectivity index (χ3v) is 5.88. The van der Waals surface area contributed by atoms with Gasteiger partial charge in [0.2, 0.25) is 15.0 Å². The van der Waals surface area contributed by atoms with Crippen LogP contribution in [0.3, 0.4) is 0 Å². The molecule has 3 aromatic rings. The number of nitrogens with zero attached hydrogens (tertiary/aromatic N) is 3. The maximum Gasteiger partial charge on any atom is 0.246 e. The molecule has 7 nitrogen and oxygen atoms in total. The number of aromatic nitrogens is 2. The highest BCUT2D eigenvalue weighted by atomic mass is 79.9. The second kappa shape index (κ2) is 6.81. The minimum Gasteiger partial charge on any atom is -0.464 e. The lowest BCUT2D eigenvalue weighted by Crippen LogP contribution is -2.32. The van der Waals surface area contributed by atoms with Gasteiger partial charge in [-0.05, 0) is 18.2 Å². The summed E-state index contributed by atoms with van der Waals surface area (Å²) in [6.45, 7) is 1.66. The van der Waals surface area contributed by atoms with E-state index in [-0.39, 0.29) is 10.6 Å². The normalized spacial score (nSPS) is 15.0. The molecule has 0 spiro atoms. The van der Waals surface area contributed by atoms with Crippen LogP contribution in [0.2, 0.25) is 0 Å². The largest absolute Gasteiger partial charge is 0.464 e. The molecule has 0 radical (unpaired) electrons. The Hall–Kier alpha value is -2.10. The van der Waals surface area contributed by atoms with Crippen molar-refractivity contribution in [3.8, 4) is 0 Å². The molecule has 4 rings (SSSR count). The fourth-order valence-corrected chi connectivity index (χ4v) is 4.04. The van der Waals surface area contributed by atoms with Crippen LogP contribution in [0.4, 0.5) is 0 Å². The van der Waals surface area contributed by atoms with Crippen LogP contribution in [0.1, 0.15) is 16.8 Å². The van der Waals surface area contributed by atoms with Crippen molar-refractivity contribution in [1.82, 2.24) is 14.9 Å². The fraction of sp³-hybridized carbons (Fsp3) is 0.278. The first-order valence-electron chi connectivity index (χ1n) is 8.28. The molecule has 140 valence electrons. The van der Waals surface area contributed by atoms with Crippen molar-refractivity contribution in [2.75, 3.05) is 12.8 Å². The van der Waals surface area contributed by atoms with E-state index in [0.717, 1.165) is 22.0 Å².